The minimum Gasteiger partial charge on any atom is -0.612 e. The Hall–Kier alpha value is -1.59. The molecule has 0 spiro atoms. The maximum atomic E-state index is 12.1. The van der Waals surface area contributed by atoms with Crippen LogP contribution in [0.15, 0.2) is 40.3 Å². The first-order valence-electron chi connectivity index (χ1n) is 5.10. The van der Waals surface area contributed by atoms with Crippen molar-refractivity contribution < 1.29 is 4.55 Å². The van der Waals surface area contributed by atoms with Gasteiger partial charge in [0.25, 0.3) is 5.56 Å². The van der Waals surface area contributed by atoms with Crippen LogP contribution in [0.5, 0.6) is 0 Å². The molecule has 0 fully saturated rings. The van der Waals surface area contributed by atoms with E-state index in [1.54, 1.807) is 36.7 Å². The Morgan fingerprint density at radius 2 is 2.24 bits per heavy atom. The van der Waals surface area contributed by atoms with Crippen LogP contribution in [0.25, 0.3) is 17.1 Å². The summed E-state index contributed by atoms with van der Waals surface area (Å²) < 4.78 is 12.8. The maximum Gasteiger partial charge on any atom is 0.265 e. The lowest BCUT2D eigenvalue weighted by atomic mass is 10.2. The molecule has 0 radical (unpaired) electrons. The lowest BCUT2D eigenvalue weighted by molar-refractivity contribution is 0.601. The predicted molar refractivity (Wildman–Crippen MR) is 69.3 cm³/mol. The van der Waals surface area contributed by atoms with E-state index in [4.69, 9.17) is 0 Å². The molecule has 1 heterocycles. The molecule has 1 atom stereocenters. The molecular formula is C12H12N2O2S. The number of nitrogens with zero attached hydrogens (tertiary/aromatic N) is 2. The van der Waals surface area contributed by atoms with Gasteiger partial charge in [-0.25, -0.2) is 4.98 Å². The van der Waals surface area contributed by atoms with E-state index in [-0.39, 0.29) is 5.56 Å². The number of hydrogen-bond acceptors (Lipinski definition) is 3. The first kappa shape index (κ1) is 11.9. The quantitative estimate of drug-likeness (QED) is 0.759. The standard InChI is InChI=1S/C12H12N2O2S/c1-3-6-14-8-13-11-5-4-9(17(2)16)7-10(11)12(14)15/h3-8H,1-2H3/b6-3+. The van der Waals surface area contributed by atoms with Crippen molar-refractivity contribution >= 4 is 28.3 Å². The van der Waals surface area contributed by atoms with Gasteiger partial charge in [0.05, 0.1) is 10.9 Å². The second-order valence-corrected chi connectivity index (χ2v) is 4.95. The Bertz CT molecular complexity index is 632. The van der Waals surface area contributed by atoms with Gasteiger partial charge in [-0.05, 0) is 30.2 Å². The Morgan fingerprint density at radius 3 is 2.88 bits per heavy atom. The van der Waals surface area contributed by atoms with Crippen molar-refractivity contribution in [2.75, 3.05) is 6.26 Å². The molecule has 5 heteroatoms. The smallest absolute Gasteiger partial charge is 0.265 e. The molecule has 2 rings (SSSR count). The van der Waals surface area contributed by atoms with Crippen molar-refractivity contribution in [3.05, 3.63) is 41.0 Å². The van der Waals surface area contributed by atoms with Crippen LogP contribution < -0.4 is 5.56 Å². The SMILES string of the molecule is C/C=C/n1cnc2ccc([S+](C)[O-])cc2c1=O. The van der Waals surface area contributed by atoms with Crippen LogP contribution >= 0.6 is 0 Å². The normalized spacial score (nSPS) is 13.4. The Labute approximate surface area is 102 Å². The molecule has 0 bridgehead atoms. The predicted octanol–water partition coefficient (Wildman–Crippen LogP) is 1.62. The molecule has 88 valence electrons. The number of fused-ring (bicyclic) bond motifs is 1. The molecule has 1 aromatic carbocycles. The number of rotatable bonds is 2. The van der Waals surface area contributed by atoms with Gasteiger partial charge in [0, 0.05) is 12.3 Å². The van der Waals surface area contributed by atoms with Gasteiger partial charge in [0.1, 0.15) is 12.6 Å². The fourth-order valence-electron chi connectivity index (χ4n) is 1.56. The fraction of sp³-hybridized carbons (Fsp3) is 0.167. The highest BCUT2D eigenvalue weighted by atomic mass is 32.2. The molecule has 0 aliphatic carbocycles. The van der Waals surface area contributed by atoms with Crippen molar-refractivity contribution in [1.29, 1.82) is 0 Å². The Balaban J connectivity index is 2.73. The molecule has 0 amide bonds. The highest BCUT2D eigenvalue weighted by molar-refractivity contribution is 7.90. The van der Waals surface area contributed by atoms with Gasteiger partial charge in [-0.2, -0.15) is 0 Å². The maximum absolute atomic E-state index is 12.1. The molecule has 0 saturated heterocycles. The minimum atomic E-state index is -1.10. The minimum absolute atomic E-state index is 0.152. The second-order valence-electron chi connectivity index (χ2n) is 3.57. The van der Waals surface area contributed by atoms with E-state index < -0.39 is 11.2 Å². The van der Waals surface area contributed by atoms with E-state index in [0.29, 0.717) is 15.8 Å². The molecule has 0 N–H and O–H groups in total. The largest absolute Gasteiger partial charge is 0.612 e. The summed E-state index contributed by atoms with van der Waals surface area (Å²) in [5, 5.41) is 0.485. The molecule has 1 aromatic heterocycles. The van der Waals surface area contributed by atoms with Crippen LogP contribution in [-0.4, -0.2) is 20.4 Å². The molecule has 0 saturated carbocycles. The van der Waals surface area contributed by atoms with Crippen molar-refractivity contribution in [3.8, 4) is 0 Å². The van der Waals surface area contributed by atoms with E-state index in [0.717, 1.165) is 0 Å². The molecule has 17 heavy (non-hydrogen) atoms. The summed E-state index contributed by atoms with van der Waals surface area (Å²) >= 11 is -1.10. The van der Waals surface area contributed by atoms with E-state index in [1.807, 2.05) is 6.92 Å². The summed E-state index contributed by atoms with van der Waals surface area (Å²) in [4.78, 5) is 16.9. The van der Waals surface area contributed by atoms with Gasteiger partial charge in [-0.1, -0.05) is 6.08 Å². The first-order chi connectivity index (χ1) is 8.13. The van der Waals surface area contributed by atoms with Gasteiger partial charge >= 0.3 is 0 Å². The third-order valence-corrected chi connectivity index (χ3v) is 3.31. The van der Waals surface area contributed by atoms with Crippen LogP contribution in [-0.2, 0) is 11.2 Å². The van der Waals surface area contributed by atoms with Crippen molar-refractivity contribution in [2.24, 2.45) is 0 Å². The highest BCUT2D eigenvalue weighted by Gasteiger charge is 2.08. The van der Waals surface area contributed by atoms with Crippen LogP contribution in [0, 0.1) is 0 Å². The third-order valence-electron chi connectivity index (χ3n) is 2.40. The summed E-state index contributed by atoms with van der Waals surface area (Å²) in [6.07, 6.45) is 6.47. The molecule has 0 aliphatic heterocycles. The molecule has 2 aromatic rings. The summed E-state index contributed by atoms with van der Waals surface area (Å²) in [7, 11) is 0. The lowest BCUT2D eigenvalue weighted by Crippen LogP contribution is -2.16. The molecular weight excluding hydrogens is 236 g/mol. The molecule has 0 aliphatic rings. The summed E-state index contributed by atoms with van der Waals surface area (Å²) in [5.74, 6) is 0. The topological polar surface area (TPSA) is 57.9 Å². The zero-order chi connectivity index (χ0) is 12.4. The van der Waals surface area contributed by atoms with Crippen molar-refractivity contribution in [3.63, 3.8) is 0 Å². The molecule has 1 unspecified atom stereocenters. The Kier molecular flexibility index (Phi) is 3.31. The average molecular weight is 248 g/mol. The zero-order valence-electron chi connectivity index (χ0n) is 9.58. The summed E-state index contributed by atoms with van der Waals surface area (Å²) in [6, 6.07) is 5.08. The van der Waals surface area contributed by atoms with E-state index in [2.05, 4.69) is 4.98 Å². The first-order valence-corrected chi connectivity index (χ1v) is 6.66. The van der Waals surface area contributed by atoms with Crippen LogP contribution in [0.2, 0.25) is 0 Å². The second kappa shape index (κ2) is 4.73. The van der Waals surface area contributed by atoms with Gasteiger partial charge in [0.15, 0.2) is 4.90 Å². The van der Waals surface area contributed by atoms with E-state index >= 15 is 0 Å². The summed E-state index contributed by atoms with van der Waals surface area (Å²) in [5.41, 5.74) is 0.463. The molecule has 4 nitrogen and oxygen atoms in total. The Morgan fingerprint density at radius 1 is 1.47 bits per heavy atom. The number of allylic oxidation sites excluding steroid dienone is 1. The fourth-order valence-corrected chi connectivity index (χ4v) is 2.10. The number of aromatic nitrogens is 2. The van der Waals surface area contributed by atoms with Crippen LogP contribution in [0.3, 0.4) is 0 Å². The van der Waals surface area contributed by atoms with Gasteiger partial charge in [-0.3, -0.25) is 9.36 Å². The van der Waals surface area contributed by atoms with E-state index in [9.17, 15) is 9.35 Å². The van der Waals surface area contributed by atoms with E-state index in [1.165, 1.54) is 10.9 Å². The van der Waals surface area contributed by atoms with Crippen LogP contribution in [0.4, 0.5) is 0 Å². The monoisotopic (exact) mass is 248 g/mol. The average Bonchev–Trinajstić information content (AvgIpc) is 2.32. The van der Waals surface area contributed by atoms with Gasteiger partial charge in [0.2, 0.25) is 0 Å². The lowest BCUT2D eigenvalue weighted by Gasteiger charge is -2.05. The van der Waals surface area contributed by atoms with Crippen molar-refractivity contribution in [2.45, 2.75) is 11.8 Å². The number of benzene rings is 1. The number of hydrogen-bond donors (Lipinski definition) is 0. The van der Waals surface area contributed by atoms with Gasteiger partial charge < -0.3 is 4.55 Å². The highest BCUT2D eigenvalue weighted by Crippen LogP contribution is 2.14. The zero-order valence-corrected chi connectivity index (χ0v) is 10.4. The van der Waals surface area contributed by atoms with Crippen molar-refractivity contribution in [1.82, 2.24) is 9.55 Å². The summed E-state index contributed by atoms with van der Waals surface area (Å²) in [6.45, 7) is 1.83. The van der Waals surface area contributed by atoms with Gasteiger partial charge in [-0.15, -0.1) is 0 Å². The van der Waals surface area contributed by atoms with Crippen LogP contribution in [0.1, 0.15) is 6.92 Å². The third kappa shape index (κ3) is 2.25.